The van der Waals surface area contributed by atoms with Gasteiger partial charge < -0.3 is 15.0 Å². The van der Waals surface area contributed by atoms with Crippen molar-refractivity contribution in [3.05, 3.63) is 23.5 Å². The van der Waals surface area contributed by atoms with E-state index < -0.39 is 0 Å². The van der Waals surface area contributed by atoms with Gasteiger partial charge in [0, 0.05) is 18.8 Å². The number of aliphatic hydroxyl groups excluding tert-OH is 1. The van der Waals surface area contributed by atoms with Crippen LogP contribution in [0.1, 0.15) is 49.2 Å². The Hall–Kier alpha value is -1.29. The van der Waals surface area contributed by atoms with Crippen LogP contribution >= 0.6 is 0 Å². The summed E-state index contributed by atoms with van der Waals surface area (Å²) in [4.78, 5) is 17.3. The molecule has 0 saturated heterocycles. The van der Waals surface area contributed by atoms with Gasteiger partial charge in [0.2, 0.25) is 0 Å². The number of aromatic amines is 1. The summed E-state index contributed by atoms with van der Waals surface area (Å²) >= 11 is 0. The second-order valence-corrected chi connectivity index (χ2v) is 5.83. The fourth-order valence-corrected chi connectivity index (χ4v) is 2.56. The van der Waals surface area contributed by atoms with Gasteiger partial charge in [0.1, 0.15) is 5.69 Å². The number of rotatable bonds is 6. The van der Waals surface area contributed by atoms with Gasteiger partial charge in [-0.05, 0) is 43.2 Å². The normalized spacial score (nSPS) is 15.6. The quantitative estimate of drug-likeness (QED) is 0.827. The summed E-state index contributed by atoms with van der Waals surface area (Å²) in [7, 11) is 0. The van der Waals surface area contributed by atoms with Crippen LogP contribution in [0.5, 0.6) is 0 Å². The molecule has 106 valence electrons. The largest absolute Gasteiger partial charge is 0.395 e. The lowest BCUT2D eigenvalue weighted by atomic mass is 9.91. The standard InChI is InChI=1S/C15H24N2O2/c1-11(2)8-12-9-14(16-10-12)15(19)17(6-7-18)13-4-3-5-13/h9-11,13,16,18H,3-8H2,1-2H3. The van der Waals surface area contributed by atoms with E-state index in [4.69, 9.17) is 5.11 Å². The van der Waals surface area contributed by atoms with Crippen LogP contribution < -0.4 is 0 Å². The van der Waals surface area contributed by atoms with Crippen LogP contribution in [0.4, 0.5) is 0 Å². The molecule has 0 atom stereocenters. The van der Waals surface area contributed by atoms with Crippen LogP contribution in [0.15, 0.2) is 12.3 Å². The second-order valence-electron chi connectivity index (χ2n) is 5.83. The van der Waals surface area contributed by atoms with Crippen molar-refractivity contribution in [2.24, 2.45) is 5.92 Å². The molecule has 0 aliphatic heterocycles. The first-order valence-electron chi connectivity index (χ1n) is 7.21. The van der Waals surface area contributed by atoms with Crippen molar-refractivity contribution in [3.8, 4) is 0 Å². The van der Waals surface area contributed by atoms with E-state index in [0.717, 1.165) is 19.3 Å². The van der Waals surface area contributed by atoms with Crippen LogP contribution in [0, 0.1) is 5.92 Å². The van der Waals surface area contributed by atoms with Crippen LogP contribution in [-0.2, 0) is 6.42 Å². The average molecular weight is 264 g/mol. The topological polar surface area (TPSA) is 56.3 Å². The van der Waals surface area contributed by atoms with Crippen LogP contribution in [-0.4, -0.2) is 40.1 Å². The Balaban J connectivity index is 2.05. The Morgan fingerprint density at radius 2 is 2.26 bits per heavy atom. The van der Waals surface area contributed by atoms with Gasteiger partial charge in [0.15, 0.2) is 0 Å². The van der Waals surface area contributed by atoms with Gasteiger partial charge >= 0.3 is 0 Å². The number of carbonyl (C=O) groups is 1. The highest BCUT2D eigenvalue weighted by molar-refractivity contribution is 5.93. The highest BCUT2D eigenvalue weighted by atomic mass is 16.3. The summed E-state index contributed by atoms with van der Waals surface area (Å²) in [6.07, 6.45) is 6.21. The number of aliphatic hydroxyl groups is 1. The molecular weight excluding hydrogens is 240 g/mol. The summed E-state index contributed by atoms with van der Waals surface area (Å²) in [5.41, 5.74) is 1.83. The number of hydrogen-bond donors (Lipinski definition) is 2. The molecule has 0 aromatic carbocycles. The zero-order valence-corrected chi connectivity index (χ0v) is 11.9. The lowest BCUT2D eigenvalue weighted by Gasteiger charge is -2.37. The summed E-state index contributed by atoms with van der Waals surface area (Å²) in [6, 6.07) is 2.27. The molecule has 0 bridgehead atoms. The molecular formula is C15H24N2O2. The Labute approximate surface area is 114 Å². The molecule has 1 heterocycles. The van der Waals surface area contributed by atoms with E-state index in [0.29, 0.717) is 24.2 Å². The molecule has 4 nitrogen and oxygen atoms in total. The second kappa shape index (κ2) is 6.24. The number of nitrogens with one attached hydrogen (secondary N) is 1. The van der Waals surface area contributed by atoms with Gasteiger partial charge in [0.05, 0.1) is 6.61 Å². The predicted molar refractivity (Wildman–Crippen MR) is 75.1 cm³/mol. The molecule has 4 heteroatoms. The van der Waals surface area contributed by atoms with E-state index in [2.05, 4.69) is 18.8 Å². The minimum Gasteiger partial charge on any atom is -0.395 e. The Bertz CT molecular complexity index is 422. The van der Waals surface area contributed by atoms with Crippen molar-refractivity contribution >= 4 is 5.91 Å². The molecule has 1 aliphatic rings. The molecule has 1 aliphatic carbocycles. The van der Waals surface area contributed by atoms with Gasteiger partial charge in [-0.25, -0.2) is 0 Å². The van der Waals surface area contributed by atoms with Gasteiger partial charge in [-0.3, -0.25) is 4.79 Å². The monoisotopic (exact) mass is 264 g/mol. The minimum atomic E-state index is 0.0220. The van der Waals surface area contributed by atoms with Crippen molar-refractivity contribution in [1.29, 1.82) is 0 Å². The number of amides is 1. The van der Waals surface area contributed by atoms with Gasteiger partial charge in [-0.1, -0.05) is 13.8 Å². The third-order valence-corrected chi connectivity index (χ3v) is 3.73. The summed E-state index contributed by atoms with van der Waals surface area (Å²) in [6.45, 7) is 4.80. The smallest absolute Gasteiger partial charge is 0.270 e. The third kappa shape index (κ3) is 3.38. The maximum Gasteiger partial charge on any atom is 0.270 e. The molecule has 2 rings (SSSR count). The summed E-state index contributed by atoms with van der Waals surface area (Å²) in [5, 5.41) is 9.12. The van der Waals surface area contributed by atoms with Crippen molar-refractivity contribution in [2.45, 2.75) is 45.6 Å². The first-order valence-corrected chi connectivity index (χ1v) is 7.21. The average Bonchev–Trinajstić information content (AvgIpc) is 2.72. The van der Waals surface area contributed by atoms with Gasteiger partial charge in [-0.2, -0.15) is 0 Å². The molecule has 0 unspecified atom stereocenters. The van der Waals surface area contributed by atoms with Crippen LogP contribution in [0.2, 0.25) is 0 Å². The zero-order chi connectivity index (χ0) is 13.8. The number of hydrogen-bond acceptors (Lipinski definition) is 2. The van der Waals surface area contributed by atoms with Gasteiger partial charge in [0.25, 0.3) is 5.91 Å². The van der Waals surface area contributed by atoms with Crippen molar-refractivity contribution in [1.82, 2.24) is 9.88 Å². The van der Waals surface area contributed by atoms with E-state index in [9.17, 15) is 4.79 Å². The fraction of sp³-hybridized carbons (Fsp3) is 0.667. The first kappa shape index (κ1) is 14.1. The summed E-state index contributed by atoms with van der Waals surface area (Å²) in [5.74, 6) is 0.604. The van der Waals surface area contributed by atoms with Crippen LogP contribution in [0.3, 0.4) is 0 Å². The molecule has 1 amide bonds. The highest BCUT2D eigenvalue weighted by Gasteiger charge is 2.29. The number of nitrogens with zero attached hydrogens (tertiary/aromatic N) is 1. The Kier molecular flexibility index (Phi) is 4.64. The number of aromatic nitrogens is 1. The third-order valence-electron chi connectivity index (χ3n) is 3.73. The molecule has 1 saturated carbocycles. The predicted octanol–water partition coefficient (Wildman–Crippen LogP) is 2.20. The lowest BCUT2D eigenvalue weighted by molar-refractivity contribution is 0.0520. The first-order chi connectivity index (χ1) is 9.11. The molecule has 1 aromatic rings. The minimum absolute atomic E-state index is 0.0220. The number of H-pyrrole nitrogens is 1. The van der Waals surface area contributed by atoms with Gasteiger partial charge in [-0.15, -0.1) is 0 Å². The van der Waals surface area contributed by atoms with E-state index in [1.165, 1.54) is 12.0 Å². The van der Waals surface area contributed by atoms with E-state index in [1.54, 1.807) is 0 Å². The highest BCUT2D eigenvalue weighted by Crippen LogP contribution is 2.26. The van der Waals surface area contributed by atoms with Crippen LogP contribution in [0.25, 0.3) is 0 Å². The molecule has 1 fully saturated rings. The Morgan fingerprint density at radius 3 is 2.79 bits per heavy atom. The maximum atomic E-state index is 12.5. The van der Waals surface area contributed by atoms with Crippen molar-refractivity contribution in [3.63, 3.8) is 0 Å². The number of carbonyl (C=O) groups excluding carboxylic acids is 1. The molecule has 19 heavy (non-hydrogen) atoms. The molecule has 2 N–H and O–H groups in total. The van der Waals surface area contributed by atoms with Crippen molar-refractivity contribution in [2.75, 3.05) is 13.2 Å². The Morgan fingerprint density at radius 1 is 1.53 bits per heavy atom. The molecule has 0 radical (unpaired) electrons. The SMILES string of the molecule is CC(C)Cc1c[nH]c(C(=O)N(CCO)C2CCC2)c1. The lowest BCUT2D eigenvalue weighted by Crippen LogP contribution is -2.45. The van der Waals surface area contributed by atoms with E-state index in [-0.39, 0.29) is 12.5 Å². The van der Waals surface area contributed by atoms with E-state index >= 15 is 0 Å². The molecule has 1 aromatic heterocycles. The summed E-state index contributed by atoms with van der Waals surface area (Å²) < 4.78 is 0. The van der Waals surface area contributed by atoms with Crippen molar-refractivity contribution < 1.29 is 9.90 Å². The maximum absolute atomic E-state index is 12.5. The van der Waals surface area contributed by atoms with E-state index in [1.807, 2.05) is 17.2 Å². The molecule has 0 spiro atoms. The zero-order valence-electron chi connectivity index (χ0n) is 11.9. The fourth-order valence-electron chi connectivity index (χ4n) is 2.56.